The summed E-state index contributed by atoms with van der Waals surface area (Å²) in [6.45, 7) is 3.15. The maximum atomic E-state index is 13.6. The Labute approximate surface area is 298 Å². The molecule has 7 rings (SSSR count). The zero-order valence-corrected chi connectivity index (χ0v) is 29.2. The molecule has 276 valence electrons. The Morgan fingerprint density at radius 1 is 0.962 bits per heavy atom. The normalized spacial score (nSPS) is 18.9. The molecule has 3 saturated heterocycles. The maximum absolute atomic E-state index is 13.6. The summed E-state index contributed by atoms with van der Waals surface area (Å²) in [5.74, 6) is 0.210. The molecule has 14 nitrogen and oxygen atoms in total. The molecule has 2 aromatic heterocycles. The fraction of sp³-hybridized carbons (Fsp3) is 0.441. The molecular formula is C34H38F3N9O5S. The molecule has 0 bridgehead atoms. The molecule has 2 aromatic carbocycles. The lowest BCUT2D eigenvalue weighted by Gasteiger charge is -2.33. The van der Waals surface area contributed by atoms with E-state index >= 15 is 0 Å². The highest BCUT2D eigenvalue weighted by atomic mass is 32.2. The largest absolute Gasteiger partial charge is 0.573 e. The minimum Gasteiger partial charge on any atom is -0.402 e. The van der Waals surface area contributed by atoms with Gasteiger partial charge in [-0.3, -0.25) is 24.6 Å². The number of urea groups is 1. The quantitative estimate of drug-likeness (QED) is 0.253. The van der Waals surface area contributed by atoms with Crippen molar-refractivity contribution in [3.8, 4) is 5.75 Å². The van der Waals surface area contributed by atoms with Gasteiger partial charge >= 0.3 is 12.4 Å². The van der Waals surface area contributed by atoms with Crippen LogP contribution in [0.2, 0.25) is 0 Å². The summed E-state index contributed by atoms with van der Waals surface area (Å²) in [7, 11) is -1.89. The Balaban J connectivity index is 0.920. The van der Waals surface area contributed by atoms with Gasteiger partial charge in [0.05, 0.1) is 22.8 Å². The van der Waals surface area contributed by atoms with E-state index in [1.165, 1.54) is 14.8 Å². The van der Waals surface area contributed by atoms with Crippen LogP contribution in [-0.4, -0.2) is 94.4 Å². The molecule has 0 aliphatic carbocycles. The number of hydrogen-bond donors (Lipinski definition) is 2. The van der Waals surface area contributed by atoms with Crippen LogP contribution >= 0.6 is 0 Å². The number of aromatic nitrogens is 4. The van der Waals surface area contributed by atoms with Gasteiger partial charge in [-0.05, 0) is 80.1 Å². The minimum absolute atomic E-state index is 0.140. The molecule has 52 heavy (non-hydrogen) atoms. The van der Waals surface area contributed by atoms with Gasteiger partial charge in [0.2, 0.25) is 21.9 Å². The van der Waals surface area contributed by atoms with Gasteiger partial charge in [-0.15, -0.1) is 13.2 Å². The first kappa shape index (κ1) is 35.6. The van der Waals surface area contributed by atoms with Crippen molar-refractivity contribution in [3.63, 3.8) is 0 Å². The van der Waals surface area contributed by atoms with Crippen LogP contribution in [-0.2, 0) is 28.4 Å². The molecular weight excluding hydrogens is 703 g/mol. The van der Waals surface area contributed by atoms with Crippen molar-refractivity contribution in [1.29, 1.82) is 0 Å². The first-order valence-corrected chi connectivity index (χ1v) is 18.5. The van der Waals surface area contributed by atoms with Crippen molar-refractivity contribution >= 4 is 44.6 Å². The summed E-state index contributed by atoms with van der Waals surface area (Å²) < 4.78 is 71.4. The summed E-state index contributed by atoms with van der Waals surface area (Å²) in [5.41, 5.74) is 3.03. The standard InChI is InChI=1S/C34H38F3N9O5S/c1-43-29-18-24(5-6-28(29)31(42-43)46-16-11-30(47)41-33(46)48)23-7-12-44(13-8-23)21-22-3-2-4-27(17-22)52(49,50)45-14-9-25(10-15-45)40-32-38-19-26(20-39-32)51-34(35,36)37/h2-6,17-20,23,25H,7-16,21H2,1H3,(H,38,39,40)(H,41,47,48). The number of likely N-dealkylation sites (tertiary alicyclic amines) is 1. The number of fused-ring (bicyclic) bond motifs is 1. The summed E-state index contributed by atoms with van der Waals surface area (Å²) >= 11 is 0. The van der Waals surface area contributed by atoms with E-state index in [2.05, 4.69) is 47.5 Å². The molecule has 18 heteroatoms. The fourth-order valence-electron chi connectivity index (χ4n) is 7.11. The van der Waals surface area contributed by atoms with Gasteiger partial charge in [-0.2, -0.15) is 9.40 Å². The molecule has 4 aromatic rings. The van der Waals surface area contributed by atoms with E-state index < -0.39 is 28.2 Å². The molecule has 3 aliphatic heterocycles. The summed E-state index contributed by atoms with van der Waals surface area (Å²) in [5, 5.41) is 10.9. The third-order valence-electron chi connectivity index (χ3n) is 9.82. The van der Waals surface area contributed by atoms with Crippen molar-refractivity contribution in [2.45, 2.75) is 61.9 Å². The lowest BCUT2D eigenvalue weighted by molar-refractivity contribution is -0.274. The van der Waals surface area contributed by atoms with Gasteiger partial charge in [-0.25, -0.2) is 23.2 Å². The Kier molecular flexibility index (Phi) is 9.79. The van der Waals surface area contributed by atoms with Gasteiger partial charge in [0.15, 0.2) is 11.6 Å². The molecule has 0 atom stereocenters. The van der Waals surface area contributed by atoms with E-state index in [9.17, 15) is 31.2 Å². The number of rotatable bonds is 9. The van der Waals surface area contributed by atoms with Gasteiger partial charge in [0.25, 0.3) is 0 Å². The van der Waals surface area contributed by atoms with E-state index in [0.717, 1.165) is 54.8 Å². The number of benzene rings is 2. The van der Waals surface area contributed by atoms with E-state index in [1.54, 1.807) is 22.9 Å². The second-order valence-electron chi connectivity index (χ2n) is 13.3. The highest BCUT2D eigenvalue weighted by Gasteiger charge is 2.33. The van der Waals surface area contributed by atoms with Crippen LogP contribution in [0.15, 0.2) is 59.8 Å². The van der Waals surface area contributed by atoms with Crippen LogP contribution < -0.4 is 20.3 Å². The second kappa shape index (κ2) is 14.3. The van der Waals surface area contributed by atoms with E-state index in [-0.39, 0.29) is 48.8 Å². The predicted octanol–water partition coefficient (Wildman–Crippen LogP) is 4.35. The Morgan fingerprint density at radius 3 is 2.38 bits per heavy atom. The summed E-state index contributed by atoms with van der Waals surface area (Å²) in [6, 6.07) is 12.7. The third kappa shape index (κ3) is 7.83. The molecule has 3 fully saturated rings. The molecule has 0 spiro atoms. The number of nitrogens with one attached hydrogen (secondary N) is 2. The molecule has 0 unspecified atom stereocenters. The lowest BCUT2D eigenvalue weighted by atomic mass is 9.89. The second-order valence-corrected chi connectivity index (χ2v) is 15.2. The molecule has 0 radical (unpaired) electrons. The van der Waals surface area contributed by atoms with Gasteiger partial charge in [-0.1, -0.05) is 18.2 Å². The SMILES string of the molecule is Cn1nc(N2CCC(=O)NC2=O)c2ccc(C3CCN(Cc4cccc(S(=O)(=O)N5CCC(Nc6ncc(OC(F)(F)F)cn6)CC5)c4)CC3)cc21. The number of piperidine rings is 2. The Hall–Kier alpha value is -4.81. The zero-order valence-electron chi connectivity index (χ0n) is 28.3. The molecule has 3 amide bonds. The van der Waals surface area contributed by atoms with Crippen molar-refractivity contribution in [2.75, 3.05) is 42.9 Å². The number of carbonyl (C=O) groups excluding carboxylic acids is 2. The Morgan fingerprint density at radius 2 is 1.69 bits per heavy atom. The van der Waals surface area contributed by atoms with Gasteiger partial charge in [0.1, 0.15) is 0 Å². The van der Waals surface area contributed by atoms with Crippen molar-refractivity contribution < 1.29 is 35.9 Å². The zero-order chi connectivity index (χ0) is 36.6. The Bertz CT molecular complexity index is 2060. The highest BCUT2D eigenvalue weighted by Crippen LogP contribution is 2.34. The van der Waals surface area contributed by atoms with Crippen molar-refractivity contribution in [1.82, 2.24) is 34.3 Å². The number of ether oxygens (including phenoxy) is 1. The number of aryl methyl sites for hydroxylation is 1. The van der Waals surface area contributed by atoms with E-state index in [0.29, 0.717) is 31.1 Å². The van der Waals surface area contributed by atoms with Crippen LogP contribution in [0.3, 0.4) is 0 Å². The topological polar surface area (TPSA) is 155 Å². The van der Waals surface area contributed by atoms with E-state index in [4.69, 9.17) is 0 Å². The van der Waals surface area contributed by atoms with Crippen LogP contribution in [0, 0.1) is 0 Å². The number of alkyl halides is 3. The number of amides is 3. The monoisotopic (exact) mass is 741 g/mol. The average molecular weight is 742 g/mol. The van der Waals surface area contributed by atoms with Crippen molar-refractivity contribution in [2.24, 2.45) is 7.05 Å². The number of hydrogen-bond acceptors (Lipinski definition) is 10. The minimum atomic E-state index is -4.83. The van der Waals surface area contributed by atoms with E-state index in [1.807, 2.05) is 19.2 Å². The van der Waals surface area contributed by atoms with Crippen LogP contribution in [0.4, 0.5) is 29.7 Å². The number of imide groups is 1. The van der Waals surface area contributed by atoms with Gasteiger partial charge in [0, 0.05) is 51.1 Å². The number of anilines is 2. The smallest absolute Gasteiger partial charge is 0.402 e. The fourth-order valence-corrected chi connectivity index (χ4v) is 8.65. The number of sulfonamides is 1. The molecule has 3 aliphatic rings. The third-order valence-corrected chi connectivity index (χ3v) is 11.7. The first-order chi connectivity index (χ1) is 24.8. The number of carbonyl (C=O) groups is 2. The van der Waals surface area contributed by atoms with Crippen molar-refractivity contribution in [3.05, 3.63) is 66.0 Å². The first-order valence-electron chi connectivity index (χ1n) is 17.1. The van der Waals surface area contributed by atoms with Crippen LogP contribution in [0.5, 0.6) is 5.75 Å². The summed E-state index contributed by atoms with van der Waals surface area (Å²) in [6.07, 6.45) is 0.0840. The van der Waals surface area contributed by atoms with Gasteiger partial charge < -0.3 is 10.1 Å². The summed E-state index contributed by atoms with van der Waals surface area (Å²) in [4.78, 5) is 35.9. The maximum Gasteiger partial charge on any atom is 0.573 e. The predicted molar refractivity (Wildman–Crippen MR) is 184 cm³/mol. The highest BCUT2D eigenvalue weighted by molar-refractivity contribution is 7.89. The molecule has 5 heterocycles. The lowest BCUT2D eigenvalue weighted by Crippen LogP contribution is -2.49. The van der Waals surface area contributed by atoms with Crippen LogP contribution in [0.1, 0.15) is 49.1 Å². The van der Waals surface area contributed by atoms with Crippen LogP contribution in [0.25, 0.3) is 10.9 Å². The number of halogens is 3. The molecule has 2 N–H and O–H groups in total. The average Bonchev–Trinajstić information content (AvgIpc) is 3.44. The molecule has 0 saturated carbocycles. The number of nitrogens with zero attached hydrogens (tertiary/aromatic N) is 7.